The molecule has 0 spiro atoms. The Balaban J connectivity index is 2.21. The molecule has 0 aromatic heterocycles. The quantitative estimate of drug-likeness (QED) is 0.785. The second-order valence-corrected chi connectivity index (χ2v) is 8.64. The van der Waals surface area contributed by atoms with Crippen molar-refractivity contribution in [2.75, 3.05) is 22.4 Å². The Labute approximate surface area is 161 Å². The average molecular weight is 391 g/mol. The molecule has 6 nitrogen and oxygen atoms in total. The molecule has 2 rings (SSSR count). The van der Waals surface area contributed by atoms with E-state index in [1.165, 1.54) is 0 Å². The number of ether oxygens (including phenoxy) is 1. The summed E-state index contributed by atoms with van der Waals surface area (Å²) < 4.78 is 31.3. The van der Waals surface area contributed by atoms with E-state index in [1.54, 1.807) is 36.4 Å². The maximum absolute atomic E-state index is 12.5. The number of benzene rings is 2. The highest BCUT2D eigenvalue weighted by atomic mass is 32.2. The van der Waals surface area contributed by atoms with Crippen LogP contribution in [0.1, 0.15) is 25.0 Å². The molecule has 0 saturated carbocycles. The number of nitrogens with one attached hydrogen (secondary N) is 1. The first-order valence-electron chi connectivity index (χ1n) is 8.68. The van der Waals surface area contributed by atoms with Gasteiger partial charge in [0.25, 0.3) is 0 Å². The zero-order valence-electron chi connectivity index (χ0n) is 16.3. The Morgan fingerprint density at radius 2 is 1.81 bits per heavy atom. The Bertz CT molecular complexity index is 923. The summed E-state index contributed by atoms with van der Waals surface area (Å²) in [6.45, 7) is 7.27. The number of carbonyl (C=O) groups excluding carboxylic acids is 1. The smallest absolute Gasteiger partial charge is 0.245 e. The molecular weight excluding hydrogens is 364 g/mol. The lowest BCUT2D eigenvalue weighted by atomic mass is 10.1. The number of anilines is 2. The number of nitrogens with zero attached hydrogens (tertiary/aromatic N) is 1. The largest absolute Gasteiger partial charge is 0.491 e. The van der Waals surface area contributed by atoms with Crippen molar-refractivity contribution in [1.29, 1.82) is 0 Å². The third-order valence-corrected chi connectivity index (χ3v) is 5.15. The molecule has 0 atom stereocenters. The third-order valence-electron chi connectivity index (χ3n) is 4.02. The Morgan fingerprint density at radius 3 is 2.44 bits per heavy atom. The molecule has 0 radical (unpaired) electrons. The molecule has 0 bridgehead atoms. The number of carbonyl (C=O) groups is 1. The summed E-state index contributed by atoms with van der Waals surface area (Å²) in [5.41, 5.74) is 2.83. The zero-order valence-corrected chi connectivity index (χ0v) is 17.1. The second kappa shape index (κ2) is 8.43. The van der Waals surface area contributed by atoms with Gasteiger partial charge in [-0.2, -0.15) is 0 Å². The standard InChI is InChI=1S/C20H26N2O4S/c1-14(2)26-18-10-7-9-17(12-18)21-20(23)13-22(27(5,24)25)19-11-6-8-15(3)16(19)4/h6-12,14H,13H2,1-5H3,(H,21,23). The van der Waals surface area contributed by atoms with Gasteiger partial charge >= 0.3 is 0 Å². The molecule has 0 aliphatic heterocycles. The summed E-state index contributed by atoms with van der Waals surface area (Å²) in [6.07, 6.45) is 1.11. The zero-order chi connectivity index (χ0) is 20.2. The van der Waals surface area contributed by atoms with Crippen LogP contribution < -0.4 is 14.4 Å². The van der Waals surface area contributed by atoms with E-state index < -0.39 is 15.9 Å². The molecule has 0 saturated heterocycles. The number of aryl methyl sites for hydroxylation is 1. The number of hydrogen-bond acceptors (Lipinski definition) is 4. The van der Waals surface area contributed by atoms with E-state index in [4.69, 9.17) is 4.74 Å². The molecule has 0 aliphatic rings. The van der Waals surface area contributed by atoms with Crippen LogP contribution in [0.5, 0.6) is 5.75 Å². The van der Waals surface area contributed by atoms with Gasteiger partial charge in [-0.1, -0.05) is 18.2 Å². The third kappa shape index (κ3) is 5.72. The van der Waals surface area contributed by atoms with Gasteiger partial charge in [-0.05, 0) is 57.0 Å². The molecular formula is C20H26N2O4S. The van der Waals surface area contributed by atoms with E-state index >= 15 is 0 Å². The van der Waals surface area contributed by atoms with Gasteiger partial charge in [0, 0.05) is 11.8 Å². The van der Waals surface area contributed by atoms with Gasteiger partial charge in [0.15, 0.2) is 0 Å². The summed E-state index contributed by atoms with van der Waals surface area (Å²) >= 11 is 0. The maximum Gasteiger partial charge on any atom is 0.245 e. The van der Waals surface area contributed by atoms with E-state index in [2.05, 4.69) is 5.32 Å². The van der Waals surface area contributed by atoms with E-state index in [9.17, 15) is 13.2 Å². The van der Waals surface area contributed by atoms with Gasteiger partial charge < -0.3 is 10.1 Å². The maximum atomic E-state index is 12.5. The first-order chi connectivity index (χ1) is 12.6. The fourth-order valence-electron chi connectivity index (χ4n) is 2.64. The highest BCUT2D eigenvalue weighted by Gasteiger charge is 2.23. The van der Waals surface area contributed by atoms with E-state index in [1.807, 2.05) is 33.8 Å². The van der Waals surface area contributed by atoms with Crippen LogP contribution in [0.25, 0.3) is 0 Å². The van der Waals surface area contributed by atoms with Gasteiger partial charge in [0.1, 0.15) is 12.3 Å². The Morgan fingerprint density at radius 1 is 1.15 bits per heavy atom. The molecule has 1 amide bonds. The molecule has 0 unspecified atom stereocenters. The van der Waals surface area contributed by atoms with E-state index in [0.717, 1.165) is 21.7 Å². The highest BCUT2D eigenvalue weighted by Crippen LogP contribution is 2.25. The minimum absolute atomic E-state index is 0.0148. The fraction of sp³-hybridized carbons (Fsp3) is 0.350. The van der Waals surface area contributed by atoms with Crippen LogP contribution in [-0.4, -0.2) is 33.2 Å². The highest BCUT2D eigenvalue weighted by molar-refractivity contribution is 7.92. The fourth-order valence-corrected chi connectivity index (χ4v) is 3.54. The topological polar surface area (TPSA) is 75.7 Å². The minimum Gasteiger partial charge on any atom is -0.491 e. The van der Waals surface area contributed by atoms with E-state index in [-0.39, 0.29) is 12.6 Å². The molecule has 146 valence electrons. The van der Waals surface area contributed by atoms with Crippen LogP contribution in [0.15, 0.2) is 42.5 Å². The van der Waals surface area contributed by atoms with Gasteiger partial charge in [0.05, 0.1) is 18.0 Å². The normalized spacial score (nSPS) is 11.3. The minimum atomic E-state index is -3.62. The summed E-state index contributed by atoms with van der Waals surface area (Å²) in [5, 5.41) is 2.74. The average Bonchev–Trinajstić information content (AvgIpc) is 2.54. The van der Waals surface area contributed by atoms with Gasteiger partial charge in [-0.3, -0.25) is 9.10 Å². The van der Waals surface area contributed by atoms with Crippen LogP contribution in [0.2, 0.25) is 0 Å². The van der Waals surface area contributed by atoms with Crippen LogP contribution in [-0.2, 0) is 14.8 Å². The van der Waals surface area contributed by atoms with E-state index in [0.29, 0.717) is 17.1 Å². The molecule has 2 aromatic rings. The van der Waals surface area contributed by atoms with Crippen LogP contribution in [0.3, 0.4) is 0 Å². The lowest BCUT2D eigenvalue weighted by Crippen LogP contribution is -2.38. The molecule has 2 aromatic carbocycles. The van der Waals surface area contributed by atoms with Crippen molar-refractivity contribution < 1.29 is 17.9 Å². The molecule has 0 fully saturated rings. The molecule has 1 N–H and O–H groups in total. The Hall–Kier alpha value is -2.54. The van der Waals surface area contributed by atoms with Gasteiger partial charge in [0.2, 0.25) is 15.9 Å². The SMILES string of the molecule is Cc1cccc(N(CC(=O)Nc2cccc(OC(C)C)c2)S(C)(=O)=O)c1C. The first kappa shape index (κ1) is 20.8. The second-order valence-electron chi connectivity index (χ2n) is 6.73. The number of hydrogen-bond donors (Lipinski definition) is 1. The summed E-state index contributed by atoms with van der Waals surface area (Å²) in [6, 6.07) is 12.4. The lowest BCUT2D eigenvalue weighted by Gasteiger charge is -2.24. The van der Waals surface area contributed by atoms with Crippen LogP contribution in [0.4, 0.5) is 11.4 Å². The van der Waals surface area contributed by atoms with Gasteiger partial charge in [-0.15, -0.1) is 0 Å². The predicted octanol–water partition coefficient (Wildman–Crippen LogP) is 3.50. The number of sulfonamides is 1. The van der Waals surface area contributed by atoms with Crippen molar-refractivity contribution in [3.05, 3.63) is 53.6 Å². The first-order valence-corrected chi connectivity index (χ1v) is 10.5. The van der Waals surface area contributed by atoms with Crippen molar-refractivity contribution >= 4 is 27.3 Å². The van der Waals surface area contributed by atoms with Crippen LogP contribution >= 0.6 is 0 Å². The Kier molecular flexibility index (Phi) is 6.49. The van der Waals surface area contributed by atoms with Crippen molar-refractivity contribution in [2.24, 2.45) is 0 Å². The molecule has 27 heavy (non-hydrogen) atoms. The number of rotatable bonds is 7. The van der Waals surface area contributed by atoms with Crippen molar-refractivity contribution in [1.82, 2.24) is 0 Å². The van der Waals surface area contributed by atoms with Crippen LogP contribution in [0, 0.1) is 13.8 Å². The summed E-state index contributed by atoms with van der Waals surface area (Å²) in [4.78, 5) is 12.5. The summed E-state index contributed by atoms with van der Waals surface area (Å²) in [5.74, 6) is 0.209. The van der Waals surface area contributed by atoms with Crippen molar-refractivity contribution in [3.63, 3.8) is 0 Å². The lowest BCUT2D eigenvalue weighted by molar-refractivity contribution is -0.114. The summed E-state index contributed by atoms with van der Waals surface area (Å²) in [7, 11) is -3.62. The van der Waals surface area contributed by atoms with Crippen molar-refractivity contribution in [3.8, 4) is 5.75 Å². The molecule has 7 heteroatoms. The molecule has 0 heterocycles. The predicted molar refractivity (Wildman–Crippen MR) is 109 cm³/mol. The van der Waals surface area contributed by atoms with Gasteiger partial charge in [-0.25, -0.2) is 8.42 Å². The van der Waals surface area contributed by atoms with Crippen molar-refractivity contribution in [2.45, 2.75) is 33.8 Å². The number of amides is 1. The monoisotopic (exact) mass is 390 g/mol. The molecule has 0 aliphatic carbocycles.